The Bertz CT molecular complexity index is 1310. The van der Waals surface area contributed by atoms with Gasteiger partial charge in [-0.25, -0.2) is 14.4 Å². The minimum atomic E-state index is -0.510. The smallest absolute Gasteiger partial charge is 0.248 e. The van der Waals surface area contributed by atoms with Gasteiger partial charge in [0.15, 0.2) is 0 Å². The zero-order chi connectivity index (χ0) is 26.3. The number of carbonyl (C=O) groups excluding carboxylic acids is 1. The summed E-state index contributed by atoms with van der Waals surface area (Å²) < 4.78 is 30.8. The molecule has 3 aromatic rings. The van der Waals surface area contributed by atoms with Crippen LogP contribution in [0.3, 0.4) is 0 Å². The molecule has 0 spiro atoms. The van der Waals surface area contributed by atoms with Gasteiger partial charge in [-0.2, -0.15) is 0 Å². The molecule has 0 aliphatic carbocycles. The van der Waals surface area contributed by atoms with Crippen LogP contribution in [-0.2, 0) is 14.3 Å². The summed E-state index contributed by atoms with van der Waals surface area (Å²) in [5.74, 6) is 0.182. The van der Waals surface area contributed by atoms with Crippen molar-refractivity contribution in [3.63, 3.8) is 0 Å². The number of amides is 1. The first-order chi connectivity index (χ1) is 18.5. The molecule has 2 aliphatic heterocycles. The lowest BCUT2D eigenvalue weighted by atomic mass is 10.1. The topological polar surface area (TPSA) is 97.8 Å². The van der Waals surface area contributed by atoms with Crippen LogP contribution in [0.25, 0.3) is 10.9 Å². The van der Waals surface area contributed by atoms with Gasteiger partial charge in [0.25, 0.3) is 0 Å². The molecule has 9 nitrogen and oxygen atoms in total. The van der Waals surface area contributed by atoms with E-state index < -0.39 is 5.82 Å². The van der Waals surface area contributed by atoms with E-state index in [0.717, 1.165) is 32.5 Å². The van der Waals surface area contributed by atoms with Crippen LogP contribution in [0.15, 0.2) is 48.8 Å². The molecule has 2 aliphatic rings. The maximum atomic E-state index is 13.6. The predicted molar refractivity (Wildman–Crippen MR) is 144 cm³/mol. The van der Waals surface area contributed by atoms with Gasteiger partial charge in [-0.1, -0.05) is 17.7 Å². The fourth-order valence-corrected chi connectivity index (χ4v) is 4.52. The number of hydrogen-bond acceptors (Lipinski definition) is 8. The molecule has 2 aromatic carbocycles. The van der Waals surface area contributed by atoms with Crippen LogP contribution in [0.1, 0.15) is 12.8 Å². The molecule has 1 atom stereocenters. The number of nitrogens with zero attached hydrogens (tertiary/aromatic N) is 3. The standard InChI is InChI=1S/C27H29ClFN5O4/c28-21-13-18(4-5-22(21)29)32-27-20-14-24(33-26(35)3-1-7-34-8-2-10-36-12-9-34)25(15-23(20)30-17-31-27)38-19-6-11-37-16-19/h1,3-5,13-15,17,19H,2,6-12,16H2,(H,33,35)(H,30,31,32)/t19-/m1/s1. The van der Waals surface area contributed by atoms with Crippen LogP contribution in [0.4, 0.5) is 21.6 Å². The molecule has 0 unspecified atom stereocenters. The Balaban J connectivity index is 1.39. The first-order valence-electron chi connectivity index (χ1n) is 12.6. The van der Waals surface area contributed by atoms with Crippen molar-refractivity contribution in [2.75, 3.05) is 56.7 Å². The van der Waals surface area contributed by atoms with Crippen molar-refractivity contribution >= 4 is 45.6 Å². The van der Waals surface area contributed by atoms with E-state index in [0.29, 0.717) is 60.2 Å². The van der Waals surface area contributed by atoms with Crippen molar-refractivity contribution in [1.82, 2.24) is 14.9 Å². The van der Waals surface area contributed by atoms with E-state index in [2.05, 4.69) is 25.5 Å². The van der Waals surface area contributed by atoms with Crippen molar-refractivity contribution < 1.29 is 23.4 Å². The summed E-state index contributed by atoms with van der Waals surface area (Å²) in [4.78, 5) is 23.9. The third kappa shape index (κ3) is 6.76. The maximum Gasteiger partial charge on any atom is 0.248 e. The van der Waals surface area contributed by atoms with Gasteiger partial charge in [-0.05, 0) is 30.7 Å². The molecule has 3 heterocycles. The average Bonchev–Trinajstić information content (AvgIpc) is 3.28. The molecular weight excluding hydrogens is 513 g/mol. The van der Waals surface area contributed by atoms with Gasteiger partial charge in [0.05, 0.1) is 36.0 Å². The third-order valence-corrected chi connectivity index (χ3v) is 6.60. The minimum Gasteiger partial charge on any atom is -0.486 e. The number of benzene rings is 2. The molecule has 2 fully saturated rings. The van der Waals surface area contributed by atoms with Crippen molar-refractivity contribution in [1.29, 1.82) is 0 Å². The van der Waals surface area contributed by atoms with Gasteiger partial charge in [0, 0.05) is 55.9 Å². The summed E-state index contributed by atoms with van der Waals surface area (Å²) in [6.07, 6.45) is 6.41. The molecule has 38 heavy (non-hydrogen) atoms. The molecule has 0 saturated carbocycles. The quantitative estimate of drug-likeness (QED) is 0.401. The Hall–Kier alpha value is -3.31. The van der Waals surface area contributed by atoms with E-state index in [1.54, 1.807) is 18.2 Å². The van der Waals surface area contributed by atoms with Gasteiger partial charge >= 0.3 is 0 Å². The van der Waals surface area contributed by atoms with Crippen LogP contribution in [0, 0.1) is 5.82 Å². The first-order valence-corrected chi connectivity index (χ1v) is 13.0. The fraction of sp³-hybridized carbons (Fsp3) is 0.370. The van der Waals surface area contributed by atoms with E-state index in [-0.39, 0.29) is 17.0 Å². The van der Waals surface area contributed by atoms with Gasteiger partial charge < -0.3 is 24.8 Å². The van der Waals surface area contributed by atoms with Gasteiger partial charge in [0.1, 0.15) is 29.8 Å². The maximum absolute atomic E-state index is 13.6. The van der Waals surface area contributed by atoms with Crippen LogP contribution < -0.4 is 15.4 Å². The van der Waals surface area contributed by atoms with Crippen LogP contribution in [-0.4, -0.2) is 72.9 Å². The second-order valence-electron chi connectivity index (χ2n) is 9.10. The highest BCUT2D eigenvalue weighted by Gasteiger charge is 2.21. The van der Waals surface area contributed by atoms with E-state index in [1.165, 1.54) is 24.5 Å². The highest BCUT2D eigenvalue weighted by atomic mass is 35.5. The summed E-state index contributed by atoms with van der Waals surface area (Å²) in [7, 11) is 0. The summed E-state index contributed by atoms with van der Waals surface area (Å²) in [6, 6.07) is 7.86. The Labute approximate surface area is 224 Å². The Morgan fingerprint density at radius 1 is 1.18 bits per heavy atom. The molecule has 1 amide bonds. The molecule has 5 rings (SSSR count). The van der Waals surface area contributed by atoms with Crippen molar-refractivity contribution in [3.05, 3.63) is 59.7 Å². The van der Waals surface area contributed by atoms with E-state index in [4.69, 9.17) is 25.8 Å². The summed E-state index contributed by atoms with van der Waals surface area (Å²) >= 11 is 5.94. The van der Waals surface area contributed by atoms with Crippen molar-refractivity contribution in [3.8, 4) is 5.75 Å². The minimum absolute atomic E-state index is 0.00438. The number of ether oxygens (including phenoxy) is 3. The molecular formula is C27H29ClFN5O4. The van der Waals surface area contributed by atoms with Crippen LogP contribution >= 0.6 is 11.6 Å². The Morgan fingerprint density at radius 3 is 2.95 bits per heavy atom. The highest BCUT2D eigenvalue weighted by Crippen LogP contribution is 2.35. The third-order valence-electron chi connectivity index (χ3n) is 6.31. The average molecular weight is 542 g/mol. The number of rotatable bonds is 8. The first kappa shape index (κ1) is 26.3. The molecule has 200 valence electrons. The zero-order valence-electron chi connectivity index (χ0n) is 20.8. The SMILES string of the molecule is O=C(C=CCN1CCCOCC1)Nc1cc2c(Nc3ccc(F)c(Cl)c3)ncnc2cc1O[C@@H]1CCOC1. The van der Waals surface area contributed by atoms with Crippen LogP contribution in [0.5, 0.6) is 5.75 Å². The largest absolute Gasteiger partial charge is 0.486 e. The lowest BCUT2D eigenvalue weighted by Gasteiger charge is -2.18. The Kier molecular flexibility index (Phi) is 8.65. The lowest BCUT2D eigenvalue weighted by Crippen LogP contribution is -2.26. The lowest BCUT2D eigenvalue weighted by molar-refractivity contribution is -0.111. The van der Waals surface area contributed by atoms with E-state index in [1.807, 2.05) is 6.08 Å². The molecule has 11 heteroatoms. The number of fused-ring (bicyclic) bond motifs is 1. The normalized spacial score (nSPS) is 18.5. The number of anilines is 3. The Morgan fingerprint density at radius 2 is 2.11 bits per heavy atom. The molecule has 0 radical (unpaired) electrons. The monoisotopic (exact) mass is 541 g/mol. The number of halogens is 2. The summed E-state index contributed by atoms with van der Waals surface area (Å²) in [5.41, 5.74) is 1.66. The van der Waals surface area contributed by atoms with Crippen molar-refractivity contribution in [2.45, 2.75) is 18.9 Å². The molecule has 0 bridgehead atoms. The molecule has 2 saturated heterocycles. The number of aromatic nitrogens is 2. The predicted octanol–water partition coefficient (Wildman–Crippen LogP) is 4.55. The summed E-state index contributed by atoms with van der Waals surface area (Å²) in [6.45, 7) is 5.02. The van der Waals surface area contributed by atoms with E-state index in [9.17, 15) is 9.18 Å². The van der Waals surface area contributed by atoms with Gasteiger partial charge in [0.2, 0.25) is 5.91 Å². The number of carbonyl (C=O) groups is 1. The number of nitrogens with one attached hydrogen (secondary N) is 2. The summed E-state index contributed by atoms with van der Waals surface area (Å²) in [5, 5.41) is 6.74. The van der Waals surface area contributed by atoms with Gasteiger partial charge in [-0.15, -0.1) is 0 Å². The molecule has 2 N–H and O–H groups in total. The highest BCUT2D eigenvalue weighted by molar-refractivity contribution is 6.31. The van der Waals surface area contributed by atoms with E-state index >= 15 is 0 Å². The second-order valence-corrected chi connectivity index (χ2v) is 9.51. The second kappa shape index (κ2) is 12.5. The van der Waals surface area contributed by atoms with Gasteiger partial charge in [-0.3, -0.25) is 9.69 Å². The number of hydrogen-bond donors (Lipinski definition) is 2. The van der Waals surface area contributed by atoms with Crippen LogP contribution in [0.2, 0.25) is 5.02 Å². The molecule has 1 aromatic heterocycles. The fourth-order valence-electron chi connectivity index (χ4n) is 4.34. The van der Waals surface area contributed by atoms with Crippen molar-refractivity contribution in [2.24, 2.45) is 0 Å². The zero-order valence-corrected chi connectivity index (χ0v) is 21.5.